The Kier molecular flexibility index (Phi) is 9.34. The molecule has 3 aromatic rings. The lowest BCUT2D eigenvalue weighted by atomic mass is 10.1. The number of carbonyl (C=O) groups excluding carboxylic acids is 2. The first-order valence-electron chi connectivity index (χ1n) is 11.1. The molecule has 0 aliphatic rings. The number of fused-ring (bicyclic) bond motifs is 1. The summed E-state index contributed by atoms with van der Waals surface area (Å²) in [6.45, 7) is -0.0357. The van der Waals surface area contributed by atoms with E-state index in [4.69, 9.17) is 27.8 Å². The molecular weight excluding hydrogens is 494 g/mol. The van der Waals surface area contributed by atoms with Crippen molar-refractivity contribution in [3.63, 3.8) is 0 Å². The number of anilines is 1. The molecule has 3 rings (SSSR count). The monoisotopic (exact) mass is 520 g/mol. The number of likely N-dealkylation sites (N-methyl/N-ethyl adjacent to an activating group) is 1. The quantitative estimate of drug-likeness (QED) is 0.340. The largest absolute Gasteiger partial charge is 0.447 e. The zero-order valence-corrected chi connectivity index (χ0v) is 20.3. The molecule has 36 heavy (non-hydrogen) atoms. The van der Waals surface area contributed by atoms with Gasteiger partial charge in [-0.15, -0.1) is 0 Å². The molecule has 0 radical (unpaired) electrons. The van der Waals surface area contributed by atoms with Crippen LogP contribution >= 0.6 is 11.6 Å². The summed E-state index contributed by atoms with van der Waals surface area (Å²) in [5.74, 6) is -0.831. The van der Waals surface area contributed by atoms with E-state index in [-0.39, 0.29) is 37.0 Å². The third-order valence-corrected chi connectivity index (χ3v) is 5.95. The smallest absolute Gasteiger partial charge is 0.412 e. The van der Waals surface area contributed by atoms with Crippen molar-refractivity contribution in [2.75, 3.05) is 25.5 Å². The van der Waals surface area contributed by atoms with Crippen LogP contribution in [-0.4, -0.2) is 54.3 Å². The standard InChI is InChI=1S/C24H27ClF2N6O3/c1-33(23(34)31-12-15-3-2-4-20(27)22(15)25)19(9-18(29)10-28)13-36-24(35)32-21-8-16-7-17(26)6-5-14(16)11-30-21/h2-8,11,18-19H,9-10,12-13,28-29H2,1H3,(H,31,34)(H,30,32,35)/t18?,19-/m0/s1. The average molecular weight is 521 g/mol. The maximum Gasteiger partial charge on any atom is 0.412 e. The molecule has 2 atom stereocenters. The van der Waals surface area contributed by atoms with Gasteiger partial charge in [0.15, 0.2) is 0 Å². The van der Waals surface area contributed by atoms with Gasteiger partial charge in [-0.1, -0.05) is 23.7 Å². The molecule has 0 aliphatic carbocycles. The molecule has 2 aromatic carbocycles. The molecule has 0 saturated carbocycles. The number of hydrogen-bond donors (Lipinski definition) is 4. The lowest BCUT2D eigenvalue weighted by molar-refractivity contribution is 0.111. The van der Waals surface area contributed by atoms with Crippen molar-refractivity contribution < 1.29 is 23.1 Å². The van der Waals surface area contributed by atoms with Gasteiger partial charge >= 0.3 is 12.1 Å². The topological polar surface area (TPSA) is 136 Å². The van der Waals surface area contributed by atoms with Gasteiger partial charge in [-0.05, 0) is 47.7 Å². The highest BCUT2D eigenvalue weighted by atomic mass is 35.5. The Hall–Kier alpha value is -3.54. The van der Waals surface area contributed by atoms with Gasteiger partial charge in [0.1, 0.15) is 24.1 Å². The van der Waals surface area contributed by atoms with Crippen molar-refractivity contribution in [2.24, 2.45) is 11.5 Å². The van der Waals surface area contributed by atoms with Crippen LogP contribution in [0.5, 0.6) is 0 Å². The summed E-state index contributed by atoms with van der Waals surface area (Å²) < 4.78 is 32.4. The van der Waals surface area contributed by atoms with E-state index < -0.39 is 35.8 Å². The zero-order chi connectivity index (χ0) is 26.2. The fraction of sp³-hybridized carbons (Fsp3) is 0.292. The van der Waals surface area contributed by atoms with Crippen LogP contribution < -0.4 is 22.1 Å². The summed E-state index contributed by atoms with van der Waals surface area (Å²) in [5.41, 5.74) is 12.0. The number of carbonyl (C=O) groups is 2. The second-order valence-electron chi connectivity index (χ2n) is 8.15. The van der Waals surface area contributed by atoms with Gasteiger partial charge in [-0.25, -0.2) is 23.4 Å². The van der Waals surface area contributed by atoms with E-state index in [0.717, 1.165) is 0 Å². The Morgan fingerprint density at radius 1 is 1.19 bits per heavy atom. The first-order valence-corrected chi connectivity index (χ1v) is 11.4. The molecule has 1 unspecified atom stereocenters. The highest BCUT2D eigenvalue weighted by molar-refractivity contribution is 6.31. The van der Waals surface area contributed by atoms with Crippen LogP contribution in [0.1, 0.15) is 12.0 Å². The number of hydrogen-bond acceptors (Lipinski definition) is 6. The lowest BCUT2D eigenvalue weighted by Crippen LogP contribution is -2.49. The first-order chi connectivity index (χ1) is 17.2. The fourth-order valence-corrected chi connectivity index (χ4v) is 3.62. The van der Waals surface area contributed by atoms with Crippen molar-refractivity contribution in [3.8, 4) is 0 Å². The second kappa shape index (κ2) is 12.4. The number of nitrogens with two attached hydrogens (primary N) is 2. The number of halogens is 3. The van der Waals surface area contributed by atoms with E-state index in [9.17, 15) is 18.4 Å². The second-order valence-corrected chi connectivity index (χ2v) is 8.53. The van der Waals surface area contributed by atoms with E-state index in [1.165, 1.54) is 48.5 Å². The zero-order valence-electron chi connectivity index (χ0n) is 19.5. The number of amides is 3. The van der Waals surface area contributed by atoms with Crippen molar-refractivity contribution in [1.29, 1.82) is 0 Å². The molecule has 9 nitrogen and oxygen atoms in total. The molecule has 12 heteroatoms. The van der Waals surface area contributed by atoms with Crippen LogP contribution in [0.15, 0.2) is 48.7 Å². The average Bonchev–Trinajstić information content (AvgIpc) is 2.86. The van der Waals surface area contributed by atoms with E-state index >= 15 is 0 Å². The predicted octanol–water partition coefficient (Wildman–Crippen LogP) is 3.60. The highest BCUT2D eigenvalue weighted by Crippen LogP contribution is 2.20. The Bertz CT molecular complexity index is 1230. The Balaban J connectivity index is 1.60. The predicted molar refractivity (Wildman–Crippen MR) is 134 cm³/mol. The Labute approximate surface area is 211 Å². The van der Waals surface area contributed by atoms with Crippen LogP contribution in [-0.2, 0) is 11.3 Å². The minimum Gasteiger partial charge on any atom is -0.447 e. The van der Waals surface area contributed by atoms with Gasteiger partial charge in [0, 0.05) is 37.8 Å². The number of ether oxygens (including phenoxy) is 1. The number of aromatic nitrogens is 1. The SMILES string of the molecule is CN(C(=O)NCc1cccc(F)c1Cl)[C@H](COC(=O)Nc1cc2cc(F)ccc2cn1)CC(N)CN. The minimum absolute atomic E-state index is 0.00893. The Morgan fingerprint density at radius 2 is 1.97 bits per heavy atom. The van der Waals surface area contributed by atoms with Gasteiger partial charge in [-0.3, -0.25) is 5.32 Å². The van der Waals surface area contributed by atoms with E-state index in [1.807, 2.05) is 0 Å². The molecular formula is C24H27ClF2N6O3. The van der Waals surface area contributed by atoms with Crippen LogP contribution in [0.25, 0.3) is 10.8 Å². The lowest BCUT2D eigenvalue weighted by Gasteiger charge is -2.29. The fourth-order valence-electron chi connectivity index (χ4n) is 3.42. The minimum atomic E-state index is -0.815. The molecule has 0 saturated heterocycles. The van der Waals surface area contributed by atoms with E-state index in [1.54, 1.807) is 12.1 Å². The number of urea groups is 1. The van der Waals surface area contributed by atoms with Crippen LogP contribution in [0.3, 0.4) is 0 Å². The summed E-state index contributed by atoms with van der Waals surface area (Å²) in [5, 5.41) is 6.32. The van der Waals surface area contributed by atoms with Gasteiger partial charge in [-0.2, -0.15) is 0 Å². The molecule has 192 valence electrons. The van der Waals surface area contributed by atoms with E-state index in [0.29, 0.717) is 16.3 Å². The molecule has 1 heterocycles. The van der Waals surface area contributed by atoms with Crippen LogP contribution in [0.4, 0.5) is 24.2 Å². The van der Waals surface area contributed by atoms with Gasteiger partial charge < -0.3 is 26.4 Å². The van der Waals surface area contributed by atoms with Crippen LogP contribution in [0.2, 0.25) is 5.02 Å². The van der Waals surface area contributed by atoms with Crippen molar-refractivity contribution in [2.45, 2.75) is 25.0 Å². The van der Waals surface area contributed by atoms with Crippen molar-refractivity contribution in [3.05, 3.63) is 70.9 Å². The van der Waals surface area contributed by atoms with E-state index in [2.05, 4.69) is 15.6 Å². The summed E-state index contributed by atoms with van der Waals surface area (Å²) in [6.07, 6.45) is 0.933. The third kappa shape index (κ3) is 7.23. The number of pyridine rings is 1. The maximum absolute atomic E-state index is 13.6. The summed E-state index contributed by atoms with van der Waals surface area (Å²) in [4.78, 5) is 30.5. The number of nitrogens with zero attached hydrogens (tertiary/aromatic N) is 2. The Morgan fingerprint density at radius 3 is 2.72 bits per heavy atom. The molecule has 1 aromatic heterocycles. The molecule has 0 bridgehead atoms. The summed E-state index contributed by atoms with van der Waals surface area (Å²) >= 11 is 5.94. The van der Waals surface area contributed by atoms with Gasteiger partial charge in [0.2, 0.25) is 0 Å². The van der Waals surface area contributed by atoms with Gasteiger partial charge in [0.25, 0.3) is 0 Å². The maximum atomic E-state index is 13.6. The molecule has 0 aliphatic heterocycles. The van der Waals surface area contributed by atoms with Crippen molar-refractivity contribution >= 4 is 40.3 Å². The molecule has 6 N–H and O–H groups in total. The first kappa shape index (κ1) is 27.1. The van der Waals surface area contributed by atoms with Gasteiger partial charge in [0.05, 0.1) is 11.1 Å². The van der Waals surface area contributed by atoms with Crippen LogP contribution in [0, 0.1) is 11.6 Å². The summed E-state index contributed by atoms with van der Waals surface area (Å²) in [6, 6.07) is 8.46. The third-order valence-electron chi connectivity index (χ3n) is 5.53. The summed E-state index contributed by atoms with van der Waals surface area (Å²) in [7, 11) is 1.51. The molecule has 0 spiro atoms. The highest BCUT2D eigenvalue weighted by Gasteiger charge is 2.24. The molecule has 0 fully saturated rings. The number of nitrogens with one attached hydrogen (secondary N) is 2. The van der Waals surface area contributed by atoms with Crippen molar-refractivity contribution in [1.82, 2.24) is 15.2 Å². The number of benzene rings is 2. The number of rotatable bonds is 9. The molecule has 3 amide bonds. The normalized spacial score (nSPS) is 12.6.